The molecule has 2 N–H and O–H groups in total. The molecule has 2 atom stereocenters. The number of carboxylic acid groups (broad SMARTS) is 1. The van der Waals surface area contributed by atoms with Gasteiger partial charge in [0.05, 0.1) is 0 Å². The highest BCUT2D eigenvalue weighted by Gasteiger charge is 2.31. The number of carboxylic acids is 1. The van der Waals surface area contributed by atoms with Crippen LogP contribution < -0.4 is 5.32 Å². The van der Waals surface area contributed by atoms with Crippen molar-refractivity contribution in [3.63, 3.8) is 0 Å². The number of amides is 2. The SMILES string of the molecule is CCCCC(NC(=O)OCC1c2ccccc2-c2ccccc21)C(=O)N(C)C(C)C(=O)O. The largest absolute Gasteiger partial charge is 0.480 e. The second-order valence-electron chi connectivity index (χ2n) is 8.13. The number of nitrogens with zero attached hydrogens (tertiary/aromatic N) is 1. The molecule has 0 fully saturated rings. The monoisotopic (exact) mass is 438 g/mol. The van der Waals surface area contributed by atoms with Crippen LogP contribution in [0.1, 0.15) is 50.2 Å². The van der Waals surface area contributed by atoms with Gasteiger partial charge in [0.2, 0.25) is 5.91 Å². The van der Waals surface area contributed by atoms with Crippen LogP contribution in [0.4, 0.5) is 4.79 Å². The first kappa shape index (κ1) is 23.3. The fourth-order valence-corrected chi connectivity index (χ4v) is 4.05. The molecule has 32 heavy (non-hydrogen) atoms. The molecule has 7 nitrogen and oxygen atoms in total. The Balaban J connectivity index is 1.68. The molecular formula is C25H30N2O5. The van der Waals surface area contributed by atoms with Crippen LogP contribution in [0.25, 0.3) is 11.1 Å². The molecule has 1 aliphatic rings. The molecule has 0 bridgehead atoms. The normalized spacial score (nSPS) is 14.1. The van der Waals surface area contributed by atoms with Crippen LogP contribution in [0.3, 0.4) is 0 Å². The topological polar surface area (TPSA) is 95.9 Å². The summed E-state index contributed by atoms with van der Waals surface area (Å²) in [6.07, 6.45) is 1.29. The maximum atomic E-state index is 12.8. The van der Waals surface area contributed by atoms with E-state index in [-0.39, 0.29) is 12.5 Å². The molecule has 170 valence electrons. The van der Waals surface area contributed by atoms with E-state index in [9.17, 15) is 19.5 Å². The summed E-state index contributed by atoms with van der Waals surface area (Å²) in [5, 5.41) is 11.9. The molecule has 0 radical (unpaired) electrons. The van der Waals surface area contributed by atoms with Crippen molar-refractivity contribution in [1.29, 1.82) is 0 Å². The fraction of sp³-hybridized carbons (Fsp3) is 0.400. The number of rotatable bonds is 9. The number of ether oxygens (including phenoxy) is 1. The van der Waals surface area contributed by atoms with Crippen molar-refractivity contribution < 1.29 is 24.2 Å². The van der Waals surface area contributed by atoms with Crippen LogP contribution >= 0.6 is 0 Å². The Kier molecular flexibility index (Phi) is 7.51. The molecule has 1 aliphatic carbocycles. The summed E-state index contributed by atoms with van der Waals surface area (Å²) in [5.41, 5.74) is 4.49. The van der Waals surface area contributed by atoms with Crippen molar-refractivity contribution >= 4 is 18.0 Å². The first-order valence-corrected chi connectivity index (χ1v) is 11.0. The zero-order valence-electron chi connectivity index (χ0n) is 18.7. The zero-order chi connectivity index (χ0) is 23.3. The Bertz CT molecular complexity index is 944. The summed E-state index contributed by atoms with van der Waals surface area (Å²) in [4.78, 5) is 37.8. The quantitative estimate of drug-likeness (QED) is 0.617. The van der Waals surface area contributed by atoms with E-state index in [1.54, 1.807) is 0 Å². The van der Waals surface area contributed by atoms with Gasteiger partial charge < -0.3 is 20.1 Å². The number of benzene rings is 2. The van der Waals surface area contributed by atoms with Crippen LogP contribution in [0.2, 0.25) is 0 Å². The molecule has 0 aromatic heterocycles. The number of hydrogen-bond acceptors (Lipinski definition) is 4. The smallest absolute Gasteiger partial charge is 0.407 e. The first-order chi connectivity index (χ1) is 15.3. The summed E-state index contributed by atoms with van der Waals surface area (Å²) in [7, 11) is 1.43. The van der Waals surface area contributed by atoms with Gasteiger partial charge >= 0.3 is 12.1 Å². The van der Waals surface area contributed by atoms with Gasteiger partial charge in [-0.2, -0.15) is 0 Å². The predicted molar refractivity (Wildman–Crippen MR) is 121 cm³/mol. The maximum Gasteiger partial charge on any atom is 0.407 e. The van der Waals surface area contributed by atoms with E-state index in [4.69, 9.17) is 4.74 Å². The molecule has 3 rings (SSSR count). The molecular weight excluding hydrogens is 408 g/mol. The summed E-state index contributed by atoms with van der Waals surface area (Å²) in [6, 6.07) is 14.3. The van der Waals surface area contributed by atoms with Crippen molar-refractivity contribution in [2.75, 3.05) is 13.7 Å². The van der Waals surface area contributed by atoms with Gasteiger partial charge in [-0.25, -0.2) is 9.59 Å². The van der Waals surface area contributed by atoms with Crippen molar-refractivity contribution in [1.82, 2.24) is 10.2 Å². The van der Waals surface area contributed by atoms with Gasteiger partial charge in [-0.1, -0.05) is 68.3 Å². The summed E-state index contributed by atoms with van der Waals surface area (Å²) in [6.45, 7) is 3.57. The minimum absolute atomic E-state index is 0.0763. The van der Waals surface area contributed by atoms with E-state index in [0.29, 0.717) is 6.42 Å². The number of carbonyl (C=O) groups is 3. The van der Waals surface area contributed by atoms with Crippen molar-refractivity contribution in [2.24, 2.45) is 0 Å². The third kappa shape index (κ3) is 4.93. The second-order valence-corrected chi connectivity index (χ2v) is 8.13. The summed E-state index contributed by atoms with van der Waals surface area (Å²) >= 11 is 0. The minimum atomic E-state index is -1.10. The lowest BCUT2D eigenvalue weighted by Gasteiger charge is -2.27. The molecule has 7 heteroatoms. The average molecular weight is 439 g/mol. The number of aliphatic carboxylic acids is 1. The van der Waals surface area contributed by atoms with E-state index >= 15 is 0 Å². The minimum Gasteiger partial charge on any atom is -0.480 e. The highest BCUT2D eigenvalue weighted by molar-refractivity contribution is 5.89. The standard InChI is InChI=1S/C25H30N2O5/c1-4-5-14-22(23(28)27(3)16(2)24(29)30)26-25(31)32-15-21-19-12-8-6-10-17(19)18-11-7-9-13-20(18)21/h6-13,16,21-22H,4-5,14-15H2,1-3H3,(H,26,31)(H,29,30). The Morgan fingerprint density at radius 3 is 2.16 bits per heavy atom. The number of nitrogens with one attached hydrogen (secondary N) is 1. The summed E-state index contributed by atoms with van der Waals surface area (Å²) in [5.74, 6) is -1.62. The van der Waals surface area contributed by atoms with Gasteiger partial charge in [-0.3, -0.25) is 4.79 Å². The lowest BCUT2D eigenvalue weighted by molar-refractivity contribution is -0.149. The van der Waals surface area contributed by atoms with Gasteiger partial charge in [0.15, 0.2) is 0 Å². The Hall–Kier alpha value is -3.35. The molecule has 2 aromatic carbocycles. The van der Waals surface area contributed by atoms with E-state index in [1.807, 2.05) is 43.3 Å². The fourth-order valence-electron chi connectivity index (χ4n) is 4.05. The number of carbonyl (C=O) groups excluding carboxylic acids is 2. The number of alkyl carbamates (subject to hydrolysis) is 1. The maximum absolute atomic E-state index is 12.8. The average Bonchev–Trinajstić information content (AvgIpc) is 3.12. The number of fused-ring (bicyclic) bond motifs is 3. The number of unbranched alkanes of at least 4 members (excludes halogenated alkanes) is 1. The van der Waals surface area contributed by atoms with Gasteiger partial charge in [0, 0.05) is 13.0 Å². The molecule has 0 aliphatic heterocycles. The number of hydrogen-bond donors (Lipinski definition) is 2. The lowest BCUT2D eigenvalue weighted by Crippen LogP contribution is -2.51. The first-order valence-electron chi connectivity index (χ1n) is 11.0. The Morgan fingerprint density at radius 1 is 1.06 bits per heavy atom. The Morgan fingerprint density at radius 2 is 1.62 bits per heavy atom. The third-order valence-electron chi connectivity index (χ3n) is 6.07. The lowest BCUT2D eigenvalue weighted by atomic mass is 9.98. The molecule has 0 heterocycles. The van der Waals surface area contributed by atoms with Gasteiger partial charge in [0.25, 0.3) is 0 Å². The van der Waals surface area contributed by atoms with Gasteiger partial charge in [-0.05, 0) is 35.6 Å². The van der Waals surface area contributed by atoms with E-state index in [0.717, 1.165) is 40.0 Å². The van der Waals surface area contributed by atoms with Crippen molar-refractivity contribution in [3.05, 3.63) is 59.7 Å². The molecule has 0 saturated heterocycles. The Labute approximate surface area is 188 Å². The highest BCUT2D eigenvalue weighted by atomic mass is 16.5. The summed E-state index contributed by atoms with van der Waals surface area (Å²) < 4.78 is 5.55. The predicted octanol–water partition coefficient (Wildman–Crippen LogP) is 4.02. The zero-order valence-corrected chi connectivity index (χ0v) is 18.7. The molecule has 2 amide bonds. The molecule has 2 aromatic rings. The number of likely N-dealkylation sites (N-methyl/N-ethyl adjacent to an activating group) is 1. The van der Waals surface area contributed by atoms with Crippen molar-refractivity contribution in [3.8, 4) is 11.1 Å². The van der Waals surface area contributed by atoms with Crippen LogP contribution in [0, 0.1) is 0 Å². The molecule has 0 saturated carbocycles. The van der Waals surface area contributed by atoms with Crippen LogP contribution in [0.5, 0.6) is 0 Å². The third-order valence-corrected chi connectivity index (χ3v) is 6.07. The van der Waals surface area contributed by atoms with E-state index in [1.165, 1.54) is 14.0 Å². The van der Waals surface area contributed by atoms with Crippen LogP contribution in [-0.2, 0) is 14.3 Å². The molecule has 2 unspecified atom stereocenters. The van der Waals surface area contributed by atoms with E-state index < -0.39 is 30.1 Å². The van der Waals surface area contributed by atoms with E-state index in [2.05, 4.69) is 17.4 Å². The van der Waals surface area contributed by atoms with Gasteiger partial charge in [0.1, 0.15) is 18.7 Å². The van der Waals surface area contributed by atoms with Gasteiger partial charge in [-0.15, -0.1) is 0 Å². The molecule has 0 spiro atoms. The second kappa shape index (κ2) is 10.3. The van der Waals surface area contributed by atoms with Crippen molar-refractivity contribution in [2.45, 2.75) is 51.1 Å². The highest BCUT2D eigenvalue weighted by Crippen LogP contribution is 2.44. The van der Waals surface area contributed by atoms with Crippen LogP contribution in [0.15, 0.2) is 48.5 Å². The van der Waals surface area contributed by atoms with Crippen LogP contribution in [-0.4, -0.2) is 53.7 Å².